The summed E-state index contributed by atoms with van der Waals surface area (Å²) in [5, 5.41) is 24.7. The molecule has 1 aliphatic heterocycles. The van der Waals surface area contributed by atoms with Gasteiger partial charge < -0.3 is 25.2 Å². The van der Waals surface area contributed by atoms with Gasteiger partial charge in [-0.1, -0.05) is 23.7 Å². The minimum Gasteiger partial charge on any atom is -0.458 e. The number of benzene rings is 1. The number of carbonyl (C=O) groups is 2. The fraction of sp³-hybridized carbons (Fsp3) is 0.350. The average molecular weight is 489 g/mol. The molecule has 178 valence electrons. The van der Waals surface area contributed by atoms with Gasteiger partial charge in [0.15, 0.2) is 5.82 Å². The average Bonchev–Trinajstić information content (AvgIpc) is 3.32. The fourth-order valence-corrected chi connectivity index (χ4v) is 3.23. The van der Waals surface area contributed by atoms with E-state index in [2.05, 4.69) is 10.4 Å². The van der Waals surface area contributed by atoms with Crippen LogP contribution in [0.1, 0.15) is 12.8 Å². The van der Waals surface area contributed by atoms with Crippen LogP contribution < -0.4 is 10.1 Å². The summed E-state index contributed by atoms with van der Waals surface area (Å²) in [5.41, 5.74) is 0. The number of nitrogens with zero attached hydrogens (tertiary/aromatic N) is 3. The maximum Gasteiger partial charge on any atom is 0.391 e. The zero-order chi connectivity index (χ0) is 24.2. The standard InChI is InChI=1S/C20H20ClF3N4O5/c21-14-3-1-2-4-16(14)33-13-7-18(31)28(10-13)15(8-20(22,23)24)19(32)25-17-5-6-27(26-17)9-12(30)11-29/h1-6,10,12,15,29-30H,7-9,11H2,(H,25,26,32)/t12-,15?/m1/s1. The van der Waals surface area contributed by atoms with Gasteiger partial charge in [-0.15, -0.1) is 0 Å². The quantitative estimate of drug-likeness (QED) is 0.498. The highest BCUT2D eigenvalue weighted by molar-refractivity contribution is 6.32. The van der Waals surface area contributed by atoms with E-state index in [1.165, 1.54) is 23.0 Å². The summed E-state index contributed by atoms with van der Waals surface area (Å²) in [5.74, 6) is -1.69. The number of carbonyl (C=O) groups excluding carboxylic acids is 2. The third-order valence-corrected chi connectivity index (χ3v) is 4.85. The summed E-state index contributed by atoms with van der Waals surface area (Å²) in [6.45, 7) is -0.605. The molecule has 1 unspecified atom stereocenters. The van der Waals surface area contributed by atoms with Crippen molar-refractivity contribution in [3.63, 3.8) is 0 Å². The summed E-state index contributed by atoms with van der Waals surface area (Å²) < 4.78 is 46.4. The van der Waals surface area contributed by atoms with Crippen LogP contribution in [0.15, 0.2) is 48.5 Å². The minimum atomic E-state index is -4.74. The van der Waals surface area contributed by atoms with Crippen molar-refractivity contribution in [1.82, 2.24) is 14.7 Å². The molecule has 2 amide bonds. The number of ether oxygens (including phenoxy) is 1. The first-order valence-electron chi connectivity index (χ1n) is 9.70. The Kier molecular flexibility index (Phi) is 7.61. The Hall–Kier alpha value is -3.09. The largest absolute Gasteiger partial charge is 0.458 e. The van der Waals surface area contributed by atoms with E-state index in [1.54, 1.807) is 18.2 Å². The molecule has 0 aliphatic carbocycles. The van der Waals surface area contributed by atoms with Gasteiger partial charge in [-0.2, -0.15) is 18.3 Å². The SMILES string of the molecule is O=C(Nc1ccn(C[C@@H](O)CO)n1)C(CC(F)(F)F)N1C=C(Oc2ccccc2Cl)CC1=O. The molecule has 3 N–H and O–H groups in total. The molecule has 1 aliphatic rings. The van der Waals surface area contributed by atoms with E-state index < -0.39 is 43.2 Å². The van der Waals surface area contributed by atoms with Gasteiger partial charge >= 0.3 is 6.18 Å². The lowest BCUT2D eigenvalue weighted by molar-refractivity contribution is -0.157. The zero-order valence-corrected chi connectivity index (χ0v) is 17.8. The summed E-state index contributed by atoms with van der Waals surface area (Å²) >= 11 is 6.01. The highest BCUT2D eigenvalue weighted by Crippen LogP contribution is 2.31. The van der Waals surface area contributed by atoms with E-state index in [1.807, 2.05) is 0 Å². The first-order valence-corrected chi connectivity index (χ1v) is 10.1. The number of aromatic nitrogens is 2. The van der Waals surface area contributed by atoms with Crippen molar-refractivity contribution in [2.45, 2.75) is 37.7 Å². The van der Waals surface area contributed by atoms with Crippen molar-refractivity contribution < 1.29 is 37.7 Å². The molecule has 0 saturated carbocycles. The maximum atomic E-state index is 13.2. The third kappa shape index (κ3) is 6.70. The molecule has 0 bridgehead atoms. The zero-order valence-electron chi connectivity index (χ0n) is 17.0. The van der Waals surface area contributed by atoms with Gasteiger partial charge in [0.25, 0.3) is 0 Å². The van der Waals surface area contributed by atoms with E-state index in [0.717, 1.165) is 6.20 Å². The second-order valence-electron chi connectivity index (χ2n) is 7.19. The Morgan fingerprint density at radius 2 is 2.03 bits per heavy atom. The topological polar surface area (TPSA) is 117 Å². The summed E-state index contributed by atoms with van der Waals surface area (Å²) in [4.78, 5) is 25.8. The van der Waals surface area contributed by atoms with Crippen LogP contribution in [0.3, 0.4) is 0 Å². The van der Waals surface area contributed by atoms with Crippen LogP contribution in [0.2, 0.25) is 5.02 Å². The highest BCUT2D eigenvalue weighted by atomic mass is 35.5. The number of amides is 2. The molecule has 2 heterocycles. The first kappa shape index (κ1) is 24.6. The van der Waals surface area contributed by atoms with E-state index in [9.17, 15) is 27.9 Å². The van der Waals surface area contributed by atoms with Crippen LogP contribution in [-0.2, 0) is 16.1 Å². The molecule has 3 rings (SSSR count). The molecule has 1 aromatic heterocycles. The van der Waals surface area contributed by atoms with Crippen LogP contribution in [0.5, 0.6) is 5.75 Å². The third-order valence-electron chi connectivity index (χ3n) is 4.54. The number of alkyl halides is 3. The summed E-state index contributed by atoms with van der Waals surface area (Å²) in [7, 11) is 0. The van der Waals surface area contributed by atoms with Gasteiger partial charge in [-0.25, -0.2) is 0 Å². The highest BCUT2D eigenvalue weighted by Gasteiger charge is 2.42. The van der Waals surface area contributed by atoms with Gasteiger partial charge in [0.1, 0.15) is 17.6 Å². The minimum absolute atomic E-state index is 0.0374. The molecular weight excluding hydrogens is 469 g/mol. The number of rotatable bonds is 9. The Morgan fingerprint density at radius 3 is 2.70 bits per heavy atom. The summed E-state index contributed by atoms with van der Waals surface area (Å²) in [6.07, 6.45) is -5.37. The van der Waals surface area contributed by atoms with E-state index in [4.69, 9.17) is 21.4 Å². The number of halogens is 4. The molecule has 33 heavy (non-hydrogen) atoms. The lowest BCUT2D eigenvalue weighted by Gasteiger charge is -2.25. The van der Waals surface area contributed by atoms with E-state index >= 15 is 0 Å². The van der Waals surface area contributed by atoms with Crippen molar-refractivity contribution in [3.05, 3.63) is 53.5 Å². The Balaban J connectivity index is 1.77. The van der Waals surface area contributed by atoms with Crippen molar-refractivity contribution in [2.24, 2.45) is 0 Å². The lowest BCUT2D eigenvalue weighted by atomic mass is 10.1. The molecule has 13 heteroatoms. The number of anilines is 1. The van der Waals surface area contributed by atoms with Crippen LogP contribution >= 0.6 is 11.6 Å². The van der Waals surface area contributed by atoms with Crippen molar-refractivity contribution in [2.75, 3.05) is 11.9 Å². The molecule has 9 nitrogen and oxygen atoms in total. The van der Waals surface area contributed by atoms with Gasteiger partial charge in [0.05, 0.1) is 37.1 Å². The van der Waals surface area contributed by atoms with Crippen molar-refractivity contribution in [3.8, 4) is 5.75 Å². The molecule has 1 aromatic carbocycles. The number of hydrogen-bond acceptors (Lipinski definition) is 6. The van der Waals surface area contributed by atoms with Gasteiger partial charge in [-0.3, -0.25) is 14.3 Å². The molecular formula is C20H20ClF3N4O5. The Bertz CT molecular complexity index is 1040. The maximum absolute atomic E-state index is 13.2. The number of aliphatic hydroxyl groups excluding tert-OH is 2. The Morgan fingerprint density at radius 1 is 1.30 bits per heavy atom. The van der Waals surface area contributed by atoms with Crippen molar-refractivity contribution >= 4 is 29.2 Å². The first-order chi connectivity index (χ1) is 15.6. The van der Waals surface area contributed by atoms with Gasteiger partial charge in [0, 0.05) is 18.5 Å². The smallest absolute Gasteiger partial charge is 0.391 e. The predicted octanol–water partition coefficient (Wildman–Crippen LogP) is 2.30. The number of nitrogens with one attached hydrogen (secondary N) is 1. The molecule has 2 aromatic rings. The summed E-state index contributed by atoms with van der Waals surface area (Å²) in [6, 6.07) is 5.77. The van der Waals surface area contributed by atoms with Crippen molar-refractivity contribution in [1.29, 1.82) is 0 Å². The molecule has 0 radical (unpaired) electrons. The van der Waals surface area contributed by atoms with Crippen LogP contribution in [0.4, 0.5) is 19.0 Å². The molecule has 0 spiro atoms. The molecule has 2 atom stereocenters. The predicted molar refractivity (Wildman–Crippen MR) is 110 cm³/mol. The second-order valence-corrected chi connectivity index (χ2v) is 7.60. The van der Waals surface area contributed by atoms with Crippen LogP contribution in [0.25, 0.3) is 0 Å². The van der Waals surface area contributed by atoms with Gasteiger partial charge in [0.2, 0.25) is 11.8 Å². The van der Waals surface area contributed by atoms with Crippen LogP contribution in [-0.4, -0.2) is 61.6 Å². The normalized spacial score (nSPS) is 15.9. The van der Waals surface area contributed by atoms with Crippen LogP contribution in [0, 0.1) is 0 Å². The van der Waals surface area contributed by atoms with E-state index in [0.29, 0.717) is 4.90 Å². The molecule has 0 fully saturated rings. The Labute approximate surface area is 191 Å². The second kappa shape index (κ2) is 10.2. The lowest BCUT2D eigenvalue weighted by Crippen LogP contribution is -2.45. The van der Waals surface area contributed by atoms with Gasteiger partial charge in [-0.05, 0) is 12.1 Å². The fourth-order valence-electron chi connectivity index (χ4n) is 3.06. The number of hydrogen-bond donors (Lipinski definition) is 3. The number of aliphatic hydroxyl groups is 2. The molecule has 0 saturated heterocycles. The van der Waals surface area contributed by atoms with E-state index in [-0.39, 0.29) is 35.3 Å². The number of para-hydroxylation sites is 1. The monoisotopic (exact) mass is 488 g/mol.